The van der Waals surface area contributed by atoms with Crippen molar-refractivity contribution in [1.82, 2.24) is 25.5 Å². The molecule has 0 spiro atoms. The monoisotopic (exact) mass is 435 g/mol. The largest absolute Gasteiger partial charge is 0.449 e. The van der Waals surface area contributed by atoms with Gasteiger partial charge in [-0.1, -0.05) is 60.5 Å². The highest BCUT2D eigenvalue weighted by Gasteiger charge is 2.39. The normalized spacial score (nSPS) is 18.4. The molecule has 3 rings (SSSR count). The van der Waals surface area contributed by atoms with Gasteiger partial charge in [-0.05, 0) is 12.8 Å². The first-order valence-corrected chi connectivity index (χ1v) is 10.4. The van der Waals surface area contributed by atoms with Crippen molar-refractivity contribution in [3.05, 3.63) is 53.9 Å². The highest BCUT2D eigenvalue weighted by Crippen LogP contribution is 2.32. The summed E-state index contributed by atoms with van der Waals surface area (Å²) in [4.78, 5) is 13.7. The maximum Gasteiger partial charge on any atom is 0.410 e. The van der Waals surface area contributed by atoms with Crippen LogP contribution in [0.5, 0.6) is 0 Å². The number of aromatic amines is 1. The third kappa shape index (κ3) is 6.30. The molecule has 8 nitrogen and oxygen atoms in total. The van der Waals surface area contributed by atoms with E-state index in [2.05, 4.69) is 20.6 Å². The van der Waals surface area contributed by atoms with Gasteiger partial charge in [-0.3, -0.25) is 0 Å². The van der Waals surface area contributed by atoms with Gasteiger partial charge in [-0.25, -0.2) is 4.79 Å². The lowest BCUT2D eigenvalue weighted by Crippen LogP contribution is -2.45. The van der Waals surface area contributed by atoms with Gasteiger partial charge in [-0.15, -0.1) is 10.2 Å². The predicted molar refractivity (Wildman–Crippen MR) is 108 cm³/mol. The molecule has 168 valence electrons. The predicted octanol–water partition coefficient (Wildman–Crippen LogP) is 3.22. The number of benzene rings is 1. The van der Waals surface area contributed by atoms with E-state index in [0.717, 1.165) is 38.2 Å². The summed E-state index contributed by atoms with van der Waals surface area (Å²) < 4.78 is 34.1. The molecular formula is C21H27F2N5O3. The highest BCUT2D eigenvalue weighted by molar-refractivity contribution is 5.69. The number of nitrogens with zero attached hydrogens (tertiary/aromatic N) is 4. The molecule has 1 aliphatic rings. The fourth-order valence-corrected chi connectivity index (χ4v) is 3.49. The number of tetrazole rings is 1. The van der Waals surface area contributed by atoms with Gasteiger partial charge in [0.25, 0.3) is 0 Å². The minimum Gasteiger partial charge on any atom is -0.449 e. The summed E-state index contributed by atoms with van der Waals surface area (Å²) in [5.41, 5.74) is -0.257. The van der Waals surface area contributed by atoms with Crippen molar-refractivity contribution >= 4 is 6.09 Å². The number of aryl methyl sites for hydroxylation is 1. The molecule has 1 fully saturated rings. The molecule has 1 saturated heterocycles. The number of cyclic esters (lactones) is 1. The van der Waals surface area contributed by atoms with E-state index in [1.54, 1.807) is 6.07 Å². The Hall–Kier alpha value is -2.88. The van der Waals surface area contributed by atoms with Crippen LogP contribution >= 0.6 is 0 Å². The Bertz CT molecular complexity index is 833. The van der Waals surface area contributed by atoms with Crippen LogP contribution < -0.4 is 0 Å². The second-order valence-electron chi connectivity index (χ2n) is 7.47. The van der Waals surface area contributed by atoms with Crippen LogP contribution in [0, 0.1) is 0 Å². The molecule has 0 bridgehead atoms. The summed E-state index contributed by atoms with van der Waals surface area (Å²) >= 11 is 0. The van der Waals surface area contributed by atoms with Gasteiger partial charge in [0.1, 0.15) is 6.10 Å². The van der Waals surface area contributed by atoms with Crippen LogP contribution in [0.15, 0.2) is 42.5 Å². The molecular weight excluding hydrogens is 408 g/mol. The zero-order valence-corrected chi connectivity index (χ0v) is 17.2. The number of rotatable bonds is 11. The number of hydrogen-bond acceptors (Lipinski definition) is 6. The van der Waals surface area contributed by atoms with E-state index in [0.29, 0.717) is 18.8 Å². The summed E-state index contributed by atoms with van der Waals surface area (Å²) in [6.07, 6.45) is 4.85. The summed E-state index contributed by atoms with van der Waals surface area (Å²) in [6, 6.07) is 6.81. The van der Waals surface area contributed by atoms with Gasteiger partial charge in [0.2, 0.25) is 0 Å². The number of carbonyl (C=O) groups excluding carboxylic acids is 1. The fourth-order valence-electron chi connectivity index (χ4n) is 3.49. The summed E-state index contributed by atoms with van der Waals surface area (Å²) in [7, 11) is 0. The molecule has 0 radical (unpaired) electrons. The van der Waals surface area contributed by atoms with E-state index in [4.69, 9.17) is 4.74 Å². The number of nitrogens with one attached hydrogen (secondary N) is 1. The van der Waals surface area contributed by atoms with Crippen molar-refractivity contribution in [3.8, 4) is 0 Å². The van der Waals surface area contributed by atoms with Crippen molar-refractivity contribution in [1.29, 1.82) is 0 Å². The van der Waals surface area contributed by atoms with E-state index in [9.17, 15) is 18.7 Å². The Morgan fingerprint density at radius 3 is 2.77 bits per heavy atom. The van der Waals surface area contributed by atoms with Crippen LogP contribution in [0.3, 0.4) is 0 Å². The van der Waals surface area contributed by atoms with E-state index < -0.39 is 18.1 Å². The number of aliphatic hydroxyl groups is 1. The van der Waals surface area contributed by atoms with Crippen molar-refractivity contribution in [3.63, 3.8) is 0 Å². The van der Waals surface area contributed by atoms with E-state index in [1.807, 2.05) is 0 Å². The van der Waals surface area contributed by atoms with Gasteiger partial charge >= 0.3 is 12.0 Å². The quantitative estimate of drug-likeness (QED) is 0.415. The van der Waals surface area contributed by atoms with Crippen LogP contribution in [0.25, 0.3) is 0 Å². The molecule has 10 heteroatoms. The van der Waals surface area contributed by atoms with Crippen LogP contribution in [0.4, 0.5) is 13.6 Å². The van der Waals surface area contributed by atoms with Crippen molar-refractivity contribution in [2.24, 2.45) is 0 Å². The maximum atomic E-state index is 14.5. The Morgan fingerprint density at radius 1 is 1.26 bits per heavy atom. The zero-order valence-electron chi connectivity index (χ0n) is 17.2. The smallest absolute Gasteiger partial charge is 0.410 e. The molecule has 1 aromatic carbocycles. The van der Waals surface area contributed by atoms with Crippen LogP contribution in [-0.2, 0) is 17.1 Å². The molecule has 1 aromatic heterocycles. The number of alkyl halides is 2. The Morgan fingerprint density at radius 2 is 2.03 bits per heavy atom. The molecule has 2 heterocycles. The van der Waals surface area contributed by atoms with E-state index in [1.165, 1.54) is 35.2 Å². The maximum absolute atomic E-state index is 14.5. The second kappa shape index (κ2) is 10.9. The third-order valence-corrected chi connectivity index (χ3v) is 5.26. The van der Waals surface area contributed by atoms with Gasteiger partial charge in [-0.2, -0.15) is 14.0 Å². The first-order valence-electron chi connectivity index (χ1n) is 10.4. The molecule has 1 amide bonds. The van der Waals surface area contributed by atoms with Gasteiger partial charge in [0.05, 0.1) is 12.6 Å². The molecule has 1 aliphatic heterocycles. The van der Waals surface area contributed by atoms with Crippen LogP contribution in [0.1, 0.15) is 43.5 Å². The number of ether oxygens (including phenoxy) is 1. The number of hydrogen-bond donors (Lipinski definition) is 2. The Balaban J connectivity index is 1.49. The second-order valence-corrected chi connectivity index (χ2v) is 7.47. The lowest BCUT2D eigenvalue weighted by molar-refractivity contribution is -0.0930. The average Bonchev–Trinajstić information content (AvgIpc) is 3.29. The number of H-pyrrole nitrogens is 1. The Kier molecular flexibility index (Phi) is 8.05. The topological polar surface area (TPSA) is 104 Å². The van der Waals surface area contributed by atoms with Crippen molar-refractivity contribution < 1.29 is 23.4 Å². The van der Waals surface area contributed by atoms with Gasteiger partial charge in [0, 0.05) is 24.9 Å². The number of halogens is 2. The molecule has 2 atom stereocenters. The highest BCUT2D eigenvalue weighted by atomic mass is 19.3. The minimum absolute atomic E-state index is 0.222. The minimum atomic E-state index is -3.42. The number of amides is 1. The summed E-state index contributed by atoms with van der Waals surface area (Å²) in [6.45, 7) is 0.682. The lowest BCUT2D eigenvalue weighted by atomic mass is 10.0. The first-order chi connectivity index (χ1) is 15.0. The van der Waals surface area contributed by atoms with Crippen LogP contribution in [-0.4, -0.2) is 62.0 Å². The Labute approximate surface area is 179 Å². The molecule has 0 unspecified atom stereocenters. The summed E-state index contributed by atoms with van der Waals surface area (Å²) in [5, 5.41) is 23.8. The molecule has 0 aliphatic carbocycles. The lowest BCUT2D eigenvalue weighted by Gasteiger charge is -2.33. The summed E-state index contributed by atoms with van der Waals surface area (Å²) in [5.74, 6) is -2.74. The first kappa shape index (κ1) is 22.8. The van der Waals surface area contributed by atoms with Crippen molar-refractivity contribution in [2.75, 3.05) is 13.2 Å². The SMILES string of the molecule is O=C1OCC[C@H](/C=C/[C@H](O)C(F)(F)c2ccccc2)N1CCCCCCc1nn[nH]n1. The van der Waals surface area contributed by atoms with Crippen LogP contribution in [0.2, 0.25) is 0 Å². The van der Waals surface area contributed by atoms with E-state index >= 15 is 0 Å². The number of unbranched alkanes of at least 4 members (excludes halogenated alkanes) is 3. The number of aliphatic hydroxyl groups excluding tert-OH is 1. The molecule has 2 N–H and O–H groups in total. The van der Waals surface area contributed by atoms with Crippen molar-refractivity contribution in [2.45, 2.75) is 56.6 Å². The zero-order chi connectivity index (χ0) is 22.1. The molecule has 0 saturated carbocycles. The van der Waals surface area contributed by atoms with Gasteiger partial charge in [0.15, 0.2) is 5.82 Å². The molecule has 31 heavy (non-hydrogen) atoms. The third-order valence-electron chi connectivity index (χ3n) is 5.26. The fraction of sp³-hybridized carbons (Fsp3) is 0.524. The molecule has 2 aromatic rings. The van der Waals surface area contributed by atoms with E-state index in [-0.39, 0.29) is 18.2 Å². The number of aromatic nitrogens is 4. The number of carbonyl (C=O) groups is 1. The standard InChI is InChI=1S/C21H27F2N5O3/c22-21(23,16-8-4-3-5-9-16)18(29)12-11-17-13-15-31-20(30)28(17)14-7-2-1-6-10-19-24-26-27-25-19/h3-5,8-9,11-12,17-18,29H,1-2,6-7,10,13-15H2,(H,24,25,26,27)/b12-11+/t17-,18-/m0/s1. The average molecular weight is 435 g/mol. The van der Waals surface area contributed by atoms with Gasteiger partial charge < -0.3 is 14.7 Å².